The van der Waals surface area contributed by atoms with Crippen LogP contribution in [0.3, 0.4) is 0 Å². The minimum absolute atomic E-state index is 0.207. The van der Waals surface area contributed by atoms with E-state index in [1.807, 2.05) is 26.0 Å². The maximum Gasteiger partial charge on any atom is 0.122 e. The highest BCUT2D eigenvalue weighted by Crippen LogP contribution is 2.25. The first kappa shape index (κ1) is 11.5. The normalized spacial score (nSPS) is 9.87. The Hall–Kier alpha value is -1.55. The summed E-state index contributed by atoms with van der Waals surface area (Å²) < 4.78 is 5.19. The van der Waals surface area contributed by atoms with E-state index < -0.39 is 0 Å². The van der Waals surface area contributed by atoms with Crippen molar-refractivity contribution in [2.75, 3.05) is 7.11 Å². The van der Waals surface area contributed by atoms with E-state index in [1.54, 1.807) is 7.11 Å². The molecule has 4 nitrogen and oxygen atoms in total. The Kier molecular flexibility index (Phi) is 3.68. The van der Waals surface area contributed by atoms with E-state index in [-0.39, 0.29) is 6.54 Å². The Labute approximate surface area is 89.7 Å². The molecule has 0 unspecified atom stereocenters. The summed E-state index contributed by atoms with van der Waals surface area (Å²) in [4.78, 5) is 0. The Balaban J connectivity index is 3.09. The molecule has 0 radical (unpaired) electrons. The molecule has 0 amide bonds. The summed E-state index contributed by atoms with van der Waals surface area (Å²) in [5.74, 6) is 0.785. The van der Waals surface area contributed by atoms with E-state index in [2.05, 4.69) is 11.8 Å². The van der Waals surface area contributed by atoms with E-state index in [1.165, 1.54) is 0 Å². The minimum atomic E-state index is 0.207. The molecule has 1 aromatic rings. The van der Waals surface area contributed by atoms with Crippen molar-refractivity contribution in [1.29, 1.82) is 0 Å². The summed E-state index contributed by atoms with van der Waals surface area (Å²) in [7, 11) is 1.61. The molecule has 0 saturated carbocycles. The summed E-state index contributed by atoms with van der Waals surface area (Å²) >= 11 is 0. The zero-order valence-corrected chi connectivity index (χ0v) is 9.28. The summed E-state index contributed by atoms with van der Waals surface area (Å²) in [5.41, 5.74) is 2.97. The fraction of sp³-hybridized carbons (Fsp3) is 0.364. The molecule has 1 rings (SSSR count). The average molecular weight is 207 g/mol. The molecule has 1 aromatic carbocycles. The molecule has 0 aromatic heterocycles. The second kappa shape index (κ2) is 4.79. The SMILES string of the molecule is C=NN([O-])Cc1c(C)ccc(OC)c1C. The zero-order chi connectivity index (χ0) is 11.4. The van der Waals surface area contributed by atoms with Gasteiger partial charge in [-0.15, -0.1) is 0 Å². The molecular weight excluding hydrogens is 192 g/mol. The van der Waals surface area contributed by atoms with Crippen LogP contribution in [-0.2, 0) is 6.54 Å². The van der Waals surface area contributed by atoms with Crippen LogP contribution in [0, 0.1) is 19.1 Å². The predicted octanol–water partition coefficient (Wildman–Crippen LogP) is 2.23. The van der Waals surface area contributed by atoms with Crippen LogP contribution < -0.4 is 4.74 Å². The van der Waals surface area contributed by atoms with Gasteiger partial charge in [0.25, 0.3) is 0 Å². The molecule has 4 heteroatoms. The van der Waals surface area contributed by atoms with Crippen molar-refractivity contribution in [2.45, 2.75) is 20.4 Å². The zero-order valence-electron chi connectivity index (χ0n) is 9.28. The molecule has 0 aliphatic heterocycles. The largest absolute Gasteiger partial charge is 0.742 e. The van der Waals surface area contributed by atoms with Gasteiger partial charge in [0.2, 0.25) is 0 Å². The molecule has 0 aliphatic rings. The molecule has 0 N–H and O–H groups in total. The lowest BCUT2D eigenvalue weighted by Gasteiger charge is -2.25. The van der Waals surface area contributed by atoms with Gasteiger partial charge < -0.3 is 15.1 Å². The van der Waals surface area contributed by atoms with Crippen LogP contribution in [0.1, 0.15) is 16.7 Å². The van der Waals surface area contributed by atoms with E-state index >= 15 is 0 Å². The number of ether oxygens (including phenoxy) is 1. The standard InChI is InChI=1S/C11H15N2O2/c1-8-5-6-11(15-4)9(2)10(8)7-13(14)12-3/h5-6H,3,7H2,1-2,4H3/q-1. The Bertz CT molecular complexity index is 364. The van der Waals surface area contributed by atoms with Gasteiger partial charge in [0.15, 0.2) is 0 Å². The summed E-state index contributed by atoms with van der Waals surface area (Å²) in [6.45, 7) is 7.28. The van der Waals surface area contributed by atoms with Gasteiger partial charge in [0.1, 0.15) is 5.75 Å². The smallest absolute Gasteiger partial charge is 0.122 e. The number of benzene rings is 1. The monoisotopic (exact) mass is 207 g/mol. The number of aryl methyl sites for hydroxylation is 1. The number of hydroxylamine groups is 1. The van der Waals surface area contributed by atoms with Gasteiger partial charge >= 0.3 is 0 Å². The Morgan fingerprint density at radius 3 is 2.67 bits per heavy atom. The van der Waals surface area contributed by atoms with Gasteiger partial charge in [-0.1, -0.05) is 6.07 Å². The second-order valence-corrected chi connectivity index (χ2v) is 3.34. The maximum atomic E-state index is 11.1. The third-order valence-electron chi connectivity index (χ3n) is 2.45. The van der Waals surface area contributed by atoms with Crippen LogP contribution in [0.5, 0.6) is 5.75 Å². The third-order valence-corrected chi connectivity index (χ3v) is 2.45. The number of methoxy groups -OCH3 is 1. The van der Waals surface area contributed by atoms with Crippen molar-refractivity contribution in [3.63, 3.8) is 0 Å². The summed E-state index contributed by atoms with van der Waals surface area (Å²) in [6.07, 6.45) is 0. The molecule has 0 bridgehead atoms. The van der Waals surface area contributed by atoms with Crippen LogP contribution in [-0.4, -0.2) is 19.0 Å². The van der Waals surface area contributed by atoms with Gasteiger partial charge in [0.05, 0.1) is 7.11 Å². The van der Waals surface area contributed by atoms with E-state index in [0.717, 1.165) is 22.4 Å². The van der Waals surface area contributed by atoms with Gasteiger partial charge in [0, 0.05) is 13.3 Å². The number of hydrogen-bond donors (Lipinski definition) is 0. The first-order valence-corrected chi connectivity index (χ1v) is 4.64. The number of hydrogen-bond acceptors (Lipinski definition) is 4. The van der Waals surface area contributed by atoms with Crippen LogP contribution in [0.25, 0.3) is 0 Å². The van der Waals surface area contributed by atoms with Crippen molar-refractivity contribution < 1.29 is 4.74 Å². The lowest BCUT2D eigenvalue weighted by molar-refractivity contribution is 0.388. The molecule has 0 atom stereocenters. The van der Waals surface area contributed by atoms with Gasteiger partial charge in [-0.2, -0.15) is 0 Å². The Morgan fingerprint density at radius 2 is 2.13 bits per heavy atom. The van der Waals surface area contributed by atoms with E-state index in [9.17, 15) is 5.21 Å². The van der Waals surface area contributed by atoms with Crippen LogP contribution in [0.15, 0.2) is 17.2 Å². The van der Waals surface area contributed by atoms with Gasteiger partial charge in [-0.3, -0.25) is 0 Å². The van der Waals surface area contributed by atoms with Crippen LogP contribution in [0.2, 0.25) is 0 Å². The molecule has 0 spiro atoms. The van der Waals surface area contributed by atoms with Crippen molar-refractivity contribution in [3.8, 4) is 5.75 Å². The fourth-order valence-corrected chi connectivity index (χ4v) is 1.52. The Morgan fingerprint density at radius 1 is 1.47 bits per heavy atom. The lowest BCUT2D eigenvalue weighted by Crippen LogP contribution is -2.10. The maximum absolute atomic E-state index is 11.1. The number of rotatable bonds is 4. The number of nitrogens with zero attached hydrogens (tertiary/aromatic N) is 2. The molecule has 0 heterocycles. The van der Waals surface area contributed by atoms with Gasteiger partial charge in [-0.25, -0.2) is 5.10 Å². The average Bonchev–Trinajstić information content (AvgIpc) is 2.24. The van der Waals surface area contributed by atoms with E-state index in [4.69, 9.17) is 4.74 Å². The van der Waals surface area contributed by atoms with E-state index in [0.29, 0.717) is 5.17 Å². The van der Waals surface area contributed by atoms with Crippen molar-refractivity contribution in [1.82, 2.24) is 5.17 Å². The second-order valence-electron chi connectivity index (χ2n) is 3.34. The minimum Gasteiger partial charge on any atom is -0.742 e. The number of hydrazone groups is 1. The third kappa shape index (κ3) is 2.47. The molecular formula is C11H15N2O2-. The molecule has 0 saturated heterocycles. The fourth-order valence-electron chi connectivity index (χ4n) is 1.52. The molecule has 82 valence electrons. The highest BCUT2D eigenvalue weighted by Gasteiger charge is 2.07. The van der Waals surface area contributed by atoms with Crippen LogP contribution >= 0.6 is 0 Å². The first-order valence-electron chi connectivity index (χ1n) is 4.64. The predicted molar refractivity (Wildman–Crippen MR) is 60.9 cm³/mol. The highest BCUT2D eigenvalue weighted by atomic mass is 16.5. The van der Waals surface area contributed by atoms with Crippen molar-refractivity contribution in [2.24, 2.45) is 5.10 Å². The lowest BCUT2D eigenvalue weighted by atomic mass is 10.0. The van der Waals surface area contributed by atoms with Crippen molar-refractivity contribution in [3.05, 3.63) is 34.0 Å². The first-order chi connectivity index (χ1) is 7.10. The molecule has 15 heavy (non-hydrogen) atoms. The molecule has 0 fully saturated rings. The topological polar surface area (TPSA) is 47.9 Å². The van der Waals surface area contributed by atoms with Gasteiger partial charge in [-0.05, 0) is 36.6 Å². The summed E-state index contributed by atoms with van der Waals surface area (Å²) in [5, 5.41) is 15.0. The molecule has 0 aliphatic carbocycles. The van der Waals surface area contributed by atoms with Crippen molar-refractivity contribution >= 4 is 6.72 Å². The highest BCUT2D eigenvalue weighted by molar-refractivity contribution is 5.43. The quantitative estimate of drug-likeness (QED) is 0.562. The van der Waals surface area contributed by atoms with Crippen LogP contribution in [0.4, 0.5) is 0 Å². The summed E-state index contributed by atoms with van der Waals surface area (Å²) in [6, 6.07) is 3.82.